The Morgan fingerprint density at radius 1 is 0.789 bits per heavy atom. The standard InChI is InChI=1S/C13H25O5P/c14-19(15,16)13(17-11-7-3-1-4-8-11)18-12-9-5-2-6-10-12/h11-13H,1-10H2,(H2,14,15,16). The zero-order valence-electron chi connectivity index (χ0n) is 11.4. The van der Waals surface area contributed by atoms with Crippen molar-refractivity contribution in [2.75, 3.05) is 0 Å². The van der Waals surface area contributed by atoms with Crippen LogP contribution in [-0.4, -0.2) is 28.0 Å². The van der Waals surface area contributed by atoms with Gasteiger partial charge in [-0.25, -0.2) is 0 Å². The molecule has 6 heteroatoms. The Kier molecular flexibility index (Phi) is 5.85. The lowest BCUT2D eigenvalue weighted by Crippen LogP contribution is -2.31. The summed E-state index contributed by atoms with van der Waals surface area (Å²) in [6.07, 6.45) is 10.1. The molecule has 0 spiro atoms. The van der Waals surface area contributed by atoms with Gasteiger partial charge in [0.05, 0.1) is 12.2 Å². The van der Waals surface area contributed by atoms with Crippen LogP contribution in [0.25, 0.3) is 0 Å². The Bertz CT molecular complexity index is 284. The van der Waals surface area contributed by atoms with Crippen LogP contribution in [0.3, 0.4) is 0 Å². The van der Waals surface area contributed by atoms with Gasteiger partial charge in [0.1, 0.15) is 0 Å². The first kappa shape index (κ1) is 15.5. The van der Waals surface area contributed by atoms with Crippen molar-refractivity contribution in [1.82, 2.24) is 0 Å². The summed E-state index contributed by atoms with van der Waals surface area (Å²) in [5, 5.41) is 0. The van der Waals surface area contributed by atoms with Gasteiger partial charge in [-0.1, -0.05) is 38.5 Å². The minimum absolute atomic E-state index is 0.0602. The molecule has 0 saturated heterocycles. The topological polar surface area (TPSA) is 76.0 Å². The van der Waals surface area contributed by atoms with Gasteiger partial charge in [-0.2, -0.15) is 0 Å². The Morgan fingerprint density at radius 2 is 1.16 bits per heavy atom. The predicted octanol–water partition coefficient (Wildman–Crippen LogP) is 3.15. The van der Waals surface area contributed by atoms with Crippen LogP contribution in [0.4, 0.5) is 0 Å². The minimum atomic E-state index is -4.35. The summed E-state index contributed by atoms with van der Waals surface area (Å²) >= 11 is 0. The largest absolute Gasteiger partial charge is 0.381 e. The number of hydrogen-bond donors (Lipinski definition) is 2. The van der Waals surface area contributed by atoms with Crippen molar-refractivity contribution in [3.63, 3.8) is 0 Å². The van der Waals surface area contributed by atoms with Gasteiger partial charge in [-0.15, -0.1) is 0 Å². The van der Waals surface area contributed by atoms with Crippen LogP contribution in [0.5, 0.6) is 0 Å². The van der Waals surface area contributed by atoms with E-state index < -0.39 is 13.6 Å². The van der Waals surface area contributed by atoms with Gasteiger partial charge < -0.3 is 19.3 Å². The van der Waals surface area contributed by atoms with Crippen LogP contribution in [0.2, 0.25) is 0 Å². The maximum Gasteiger partial charge on any atom is 0.381 e. The van der Waals surface area contributed by atoms with Crippen LogP contribution in [0.15, 0.2) is 0 Å². The molecule has 2 aliphatic carbocycles. The second kappa shape index (κ2) is 7.19. The Balaban J connectivity index is 1.89. The number of hydrogen-bond acceptors (Lipinski definition) is 3. The number of ether oxygens (including phenoxy) is 2. The molecule has 0 aromatic heterocycles. The van der Waals surface area contributed by atoms with Gasteiger partial charge in [0.2, 0.25) is 0 Å². The maximum absolute atomic E-state index is 11.5. The summed E-state index contributed by atoms with van der Waals surface area (Å²) in [7, 11) is -4.35. The molecule has 2 saturated carbocycles. The van der Waals surface area contributed by atoms with Gasteiger partial charge >= 0.3 is 7.60 Å². The van der Waals surface area contributed by atoms with Crippen molar-refractivity contribution in [3.8, 4) is 0 Å². The smallest absolute Gasteiger partial charge is 0.339 e. The van der Waals surface area contributed by atoms with Gasteiger partial charge in [0.15, 0.2) is 0 Å². The summed E-state index contributed by atoms with van der Waals surface area (Å²) in [5.41, 5.74) is 0. The zero-order valence-corrected chi connectivity index (χ0v) is 12.3. The van der Waals surface area contributed by atoms with E-state index in [1.54, 1.807) is 0 Å². The summed E-state index contributed by atoms with van der Waals surface area (Å²) in [6, 6.07) is -1.36. The average Bonchev–Trinajstić information content (AvgIpc) is 2.39. The highest BCUT2D eigenvalue weighted by Gasteiger charge is 2.36. The highest BCUT2D eigenvalue weighted by atomic mass is 31.2. The van der Waals surface area contributed by atoms with Gasteiger partial charge in [-0.05, 0) is 25.7 Å². The van der Waals surface area contributed by atoms with Crippen molar-refractivity contribution >= 4 is 7.60 Å². The molecule has 2 N–H and O–H groups in total. The van der Waals surface area contributed by atoms with E-state index in [0.29, 0.717) is 0 Å². The fourth-order valence-electron chi connectivity index (χ4n) is 2.92. The summed E-state index contributed by atoms with van der Waals surface area (Å²) in [4.78, 5) is 18.8. The van der Waals surface area contributed by atoms with Crippen molar-refractivity contribution in [1.29, 1.82) is 0 Å². The van der Waals surface area contributed by atoms with Gasteiger partial charge in [-0.3, -0.25) is 4.57 Å². The highest BCUT2D eigenvalue weighted by molar-refractivity contribution is 7.52. The second-order valence-electron chi connectivity index (χ2n) is 5.69. The third kappa shape index (κ3) is 5.16. The molecule has 0 aromatic rings. The molecule has 0 aliphatic heterocycles. The minimum Gasteiger partial charge on any atom is -0.339 e. The molecule has 19 heavy (non-hydrogen) atoms. The SMILES string of the molecule is O=P(O)(O)C(OC1CCCCC1)OC1CCCCC1. The first-order valence-electron chi connectivity index (χ1n) is 7.42. The summed E-state index contributed by atoms with van der Waals surface area (Å²) < 4.78 is 22.7. The molecule has 0 amide bonds. The zero-order chi connectivity index (χ0) is 13.7. The number of rotatable bonds is 5. The van der Waals surface area contributed by atoms with E-state index in [9.17, 15) is 14.4 Å². The van der Waals surface area contributed by atoms with Gasteiger partial charge in [0, 0.05) is 0 Å². The third-order valence-electron chi connectivity index (χ3n) is 4.00. The highest BCUT2D eigenvalue weighted by Crippen LogP contribution is 2.45. The Hall–Kier alpha value is 0.0700. The quantitative estimate of drug-likeness (QED) is 0.601. The fraction of sp³-hybridized carbons (Fsp3) is 1.00. The van der Waals surface area contributed by atoms with E-state index in [2.05, 4.69) is 0 Å². The Labute approximate surface area is 114 Å². The Morgan fingerprint density at radius 3 is 1.47 bits per heavy atom. The normalized spacial score (nSPS) is 23.9. The predicted molar refractivity (Wildman–Crippen MR) is 71.7 cm³/mol. The molecule has 0 aromatic carbocycles. The van der Waals surface area contributed by atoms with Crippen LogP contribution in [-0.2, 0) is 14.0 Å². The van der Waals surface area contributed by atoms with Crippen molar-refractivity contribution in [2.24, 2.45) is 0 Å². The molecule has 0 radical (unpaired) electrons. The maximum atomic E-state index is 11.5. The molecule has 112 valence electrons. The van der Waals surface area contributed by atoms with Gasteiger partial charge in [0.25, 0.3) is 6.03 Å². The lowest BCUT2D eigenvalue weighted by molar-refractivity contribution is -0.168. The van der Waals surface area contributed by atoms with Crippen LogP contribution < -0.4 is 0 Å². The van der Waals surface area contributed by atoms with Crippen molar-refractivity contribution in [3.05, 3.63) is 0 Å². The second-order valence-corrected chi connectivity index (χ2v) is 7.29. The van der Waals surface area contributed by atoms with Crippen molar-refractivity contribution in [2.45, 2.75) is 82.4 Å². The molecule has 0 atom stereocenters. The average molecular weight is 292 g/mol. The summed E-state index contributed by atoms with van der Waals surface area (Å²) in [5.74, 6) is 0. The van der Waals surface area contributed by atoms with E-state index in [0.717, 1.165) is 51.4 Å². The van der Waals surface area contributed by atoms with E-state index in [1.807, 2.05) is 0 Å². The fourth-order valence-corrected chi connectivity index (χ4v) is 3.58. The summed E-state index contributed by atoms with van der Waals surface area (Å²) in [6.45, 7) is 0. The molecule has 2 aliphatic rings. The lowest BCUT2D eigenvalue weighted by atomic mass is 9.98. The van der Waals surface area contributed by atoms with Crippen LogP contribution in [0.1, 0.15) is 64.2 Å². The molecule has 0 bridgehead atoms. The molecule has 0 unspecified atom stereocenters. The molecular formula is C13H25O5P. The molecular weight excluding hydrogens is 267 g/mol. The van der Waals surface area contributed by atoms with E-state index in [1.165, 1.54) is 12.8 Å². The molecule has 5 nitrogen and oxygen atoms in total. The molecule has 2 fully saturated rings. The van der Waals surface area contributed by atoms with E-state index in [4.69, 9.17) is 9.47 Å². The molecule has 2 rings (SSSR count). The lowest BCUT2D eigenvalue weighted by Gasteiger charge is -2.31. The van der Waals surface area contributed by atoms with E-state index in [-0.39, 0.29) is 12.2 Å². The van der Waals surface area contributed by atoms with Crippen LogP contribution in [0, 0.1) is 0 Å². The van der Waals surface area contributed by atoms with Crippen LogP contribution >= 0.6 is 7.60 Å². The third-order valence-corrected chi connectivity index (χ3v) is 4.79. The monoisotopic (exact) mass is 292 g/mol. The van der Waals surface area contributed by atoms with E-state index >= 15 is 0 Å². The first-order valence-corrected chi connectivity index (χ1v) is 9.10. The van der Waals surface area contributed by atoms with Crippen molar-refractivity contribution < 1.29 is 23.8 Å². The molecule has 0 heterocycles. The first-order chi connectivity index (χ1) is 9.05.